The molecule has 0 spiro atoms. The van der Waals surface area contributed by atoms with Gasteiger partial charge in [0, 0.05) is 5.92 Å². The fourth-order valence-corrected chi connectivity index (χ4v) is 2.46. The highest BCUT2D eigenvalue weighted by Gasteiger charge is 2.26. The van der Waals surface area contributed by atoms with Gasteiger partial charge in [-0.25, -0.2) is 4.79 Å². The Morgan fingerprint density at radius 1 is 1.17 bits per heavy atom. The summed E-state index contributed by atoms with van der Waals surface area (Å²) >= 11 is 0. The first-order valence-corrected chi connectivity index (χ1v) is 6.52. The van der Waals surface area contributed by atoms with Gasteiger partial charge in [-0.15, -0.1) is 0 Å². The first-order valence-electron chi connectivity index (χ1n) is 6.52. The van der Waals surface area contributed by atoms with Crippen molar-refractivity contribution in [2.75, 3.05) is 0 Å². The van der Waals surface area contributed by atoms with E-state index in [1.165, 1.54) is 6.42 Å². The van der Waals surface area contributed by atoms with Crippen LogP contribution in [0.15, 0.2) is 30.3 Å². The van der Waals surface area contributed by atoms with E-state index in [2.05, 4.69) is 0 Å². The van der Waals surface area contributed by atoms with Crippen LogP contribution in [0, 0.1) is 5.92 Å². The van der Waals surface area contributed by atoms with Crippen molar-refractivity contribution in [3.63, 3.8) is 0 Å². The molecule has 18 heavy (non-hydrogen) atoms. The molecule has 1 saturated carbocycles. The highest BCUT2D eigenvalue weighted by Crippen LogP contribution is 2.27. The molecule has 3 nitrogen and oxygen atoms in total. The Bertz CT molecular complexity index is 393. The van der Waals surface area contributed by atoms with Gasteiger partial charge in [-0.05, 0) is 25.0 Å². The fourth-order valence-electron chi connectivity index (χ4n) is 2.46. The molecule has 1 fully saturated rings. The number of carbonyl (C=O) groups is 2. The maximum atomic E-state index is 11.9. The van der Waals surface area contributed by atoms with Gasteiger partial charge in [0.2, 0.25) is 0 Å². The molecule has 1 aromatic rings. The first kappa shape index (κ1) is 12.8. The van der Waals surface area contributed by atoms with Crippen LogP contribution in [0.4, 0.5) is 0 Å². The number of carbonyl (C=O) groups excluding carboxylic acids is 2. The van der Waals surface area contributed by atoms with Gasteiger partial charge in [-0.2, -0.15) is 0 Å². The minimum absolute atomic E-state index is 0.198. The molecule has 0 aliphatic heterocycles. The van der Waals surface area contributed by atoms with Crippen LogP contribution in [0.3, 0.4) is 0 Å². The summed E-state index contributed by atoms with van der Waals surface area (Å²) in [6.45, 7) is 0. The summed E-state index contributed by atoms with van der Waals surface area (Å²) in [6, 6.07) is 8.81. The molecule has 1 atom stereocenters. The Balaban J connectivity index is 1.97. The Morgan fingerprint density at radius 2 is 1.83 bits per heavy atom. The number of ether oxygens (including phenoxy) is 1. The van der Waals surface area contributed by atoms with Gasteiger partial charge in [-0.3, -0.25) is 4.79 Å². The van der Waals surface area contributed by atoms with Crippen molar-refractivity contribution in [1.29, 1.82) is 0 Å². The summed E-state index contributed by atoms with van der Waals surface area (Å²) in [4.78, 5) is 23.0. The quantitative estimate of drug-likeness (QED) is 0.606. The lowest BCUT2D eigenvalue weighted by molar-refractivity contribution is -0.118. The van der Waals surface area contributed by atoms with E-state index in [4.69, 9.17) is 4.74 Å². The largest absolute Gasteiger partial charge is 0.451 e. The first-order chi connectivity index (χ1) is 8.81. The lowest BCUT2D eigenvalue weighted by atomic mass is 9.85. The molecule has 1 aliphatic rings. The van der Waals surface area contributed by atoms with E-state index in [0.29, 0.717) is 5.56 Å². The molecule has 0 heterocycles. The summed E-state index contributed by atoms with van der Waals surface area (Å²) < 4.78 is 5.32. The number of rotatable bonds is 4. The van der Waals surface area contributed by atoms with Crippen LogP contribution in [-0.4, -0.2) is 18.4 Å². The predicted molar refractivity (Wildman–Crippen MR) is 68.3 cm³/mol. The standard InChI is InChI=1S/C15H18O3/c16-11-14(12-7-3-1-4-8-12)18-15(17)13-9-5-2-6-10-13/h2,5-6,9-12,14H,1,3-4,7-8H2/t14-/m1/s1. The average Bonchev–Trinajstić information content (AvgIpc) is 2.46. The van der Waals surface area contributed by atoms with Crippen LogP contribution in [0.1, 0.15) is 42.5 Å². The molecule has 0 amide bonds. The zero-order chi connectivity index (χ0) is 12.8. The second-order valence-electron chi connectivity index (χ2n) is 4.77. The average molecular weight is 246 g/mol. The highest BCUT2D eigenvalue weighted by atomic mass is 16.5. The molecular weight excluding hydrogens is 228 g/mol. The van der Waals surface area contributed by atoms with E-state index in [9.17, 15) is 9.59 Å². The maximum Gasteiger partial charge on any atom is 0.338 e. The molecule has 0 N–H and O–H groups in total. The SMILES string of the molecule is O=C[C@@H](OC(=O)c1ccccc1)C1CCCCC1. The maximum absolute atomic E-state index is 11.9. The van der Waals surface area contributed by atoms with Crippen LogP contribution in [0.2, 0.25) is 0 Å². The van der Waals surface area contributed by atoms with Crippen LogP contribution >= 0.6 is 0 Å². The van der Waals surface area contributed by atoms with Gasteiger partial charge in [0.15, 0.2) is 12.4 Å². The number of hydrogen-bond acceptors (Lipinski definition) is 3. The van der Waals surface area contributed by atoms with Crippen molar-refractivity contribution < 1.29 is 14.3 Å². The third-order valence-corrected chi connectivity index (χ3v) is 3.50. The molecule has 1 aromatic carbocycles. The number of esters is 1. The summed E-state index contributed by atoms with van der Waals surface area (Å²) in [6.07, 6.45) is 5.61. The van der Waals surface area contributed by atoms with Crippen molar-refractivity contribution >= 4 is 12.3 Å². The van der Waals surface area contributed by atoms with Crippen LogP contribution in [-0.2, 0) is 9.53 Å². The number of aldehydes is 1. The summed E-state index contributed by atoms with van der Waals surface area (Å²) in [5.74, 6) is -0.206. The molecular formula is C15H18O3. The number of hydrogen-bond donors (Lipinski definition) is 0. The van der Waals surface area contributed by atoms with E-state index >= 15 is 0 Å². The van der Waals surface area contributed by atoms with E-state index in [1.54, 1.807) is 24.3 Å². The Hall–Kier alpha value is -1.64. The van der Waals surface area contributed by atoms with E-state index < -0.39 is 12.1 Å². The monoisotopic (exact) mass is 246 g/mol. The minimum atomic E-state index is -0.585. The third kappa shape index (κ3) is 3.19. The van der Waals surface area contributed by atoms with Gasteiger partial charge in [-0.1, -0.05) is 37.5 Å². The molecule has 96 valence electrons. The molecule has 2 rings (SSSR count). The van der Waals surface area contributed by atoms with Crippen LogP contribution in [0.25, 0.3) is 0 Å². The van der Waals surface area contributed by atoms with Gasteiger partial charge in [0.25, 0.3) is 0 Å². The fraction of sp³-hybridized carbons (Fsp3) is 0.467. The third-order valence-electron chi connectivity index (χ3n) is 3.50. The van der Waals surface area contributed by atoms with E-state index in [0.717, 1.165) is 32.0 Å². The normalized spacial score (nSPS) is 18.0. The Kier molecular flexibility index (Phi) is 4.51. The zero-order valence-electron chi connectivity index (χ0n) is 10.4. The molecule has 0 bridgehead atoms. The van der Waals surface area contributed by atoms with Crippen LogP contribution < -0.4 is 0 Å². The molecule has 0 unspecified atom stereocenters. The second-order valence-corrected chi connectivity index (χ2v) is 4.77. The summed E-state index contributed by atoms with van der Waals surface area (Å²) in [5, 5.41) is 0. The van der Waals surface area contributed by atoms with Gasteiger partial charge < -0.3 is 4.74 Å². The molecule has 1 aliphatic carbocycles. The van der Waals surface area contributed by atoms with Gasteiger partial charge >= 0.3 is 5.97 Å². The van der Waals surface area contributed by atoms with Crippen molar-refractivity contribution in [1.82, 2.24) is 0 Å². The van der Waals surface area contributed by atoms with Crippen molar-refractivity contribution in [2.45, 2.75) is 38.2 Å². The Morgan fingerprint density at radius 3 is 2.44 bits per heavy atom. The second kappa shape index (κ2) is 6.34. The topological polar surface area (TPSA) is 43.4 Å². The van der Waals surface area contributed by atoms with Gasteiger partial charge in [0.1, 0.15) is 0 Å². The lowest BCUT2D eigenvalue weighted by Crippen LogP contribution is -2.30. The Labute approximate surface area is 107 Å². The smallest absolute Gasteiger partial charge is 0.338 e. The van der Waals surface area contributed by atoms with Crippen molar-refractivity contribution in [3.8, 4) is 0 Å². The van der Waals surface area contributed by atoms with E-state index in [1.807, 2.05) is 6.07 Å². The van der Waals surface area contributed by atoms with Crippen molar-refractivity contribution in [2.24, 2.45) is 5.92 Å². The molecule has 0 radical (unpaired) electrons. The zero-order valence-corrected chi connectivity index (χ0v) is 10.4. The highest BCUT2D eigenvalue weighted by molar-refractivity contribution is 5.90. The van der Waals surface area contributed by atoms with Gasteiger partial charge in [0.05, 0.1) is 5.56 Å². The molecule has 0 aromatic heterocycles. The van der Waals surface area contributed by atoms with E-state index in [-0.39, 0.29) is 5.92 Å². The summed E-state index contributed by atoms with van der Waals surface area (Å²) in [7, 11) is 0. The molecule has 3 heteroatoms. The lowest BCUT2D eigenvalue weighted by Gasteiger charge is -2.26. The van der Waals surface area contributed by atoms with Crippen molar-refractivity contribution in [3.05, 3.63) is 35.9 Å². The summed E-state index contributed by atoms with van der Waals surface area (Å²) in [5.41, 5.74) is 0.500. The predicted octanol–water partition coefficient (Wildman–Crippen LogP) is 2.99. The number of benzene rings is 1. The molecule has 0 saturated heterocycles. The minimum Gasteiger partial charge on any atom is -0.451 e. The van der Waals surface area contributed by atoms with Crippen LogP contribution in [0.5, 0.6) is 0 Å².